The molecule has 0 aromatic heterocycles. The van der Waals surface area contributed by atoms with E-state index in [0.29, 0.717) is 13.2 Å². The fourth-order valence-electron chi connectivity index (χ4n) is 4.81. The Kier molecular flexibility index (Phi) is 8.33. The Morgan fingerprint density at radius 3 is 2.66 bits per heavy atom. The predicted molar refractivity (Wildman–Crippen MR) is 131 cm³/mol. The summed E-state index contributed by atoms with van der Waals surface area (Å²) in [4.78, 5) is 15.2. The third-order valence-corrected chi connectivity index (χ3v) is 6.62. The number of amides is 1. The van der Waals surface area contributed by atoms with Gasteiger partial charge in [0.1, 0.15) is 18.1 Å². The van der Waals surface area contributed by atoms with Crippen LogP contribution in [-0.2, 0) is 16.1 Å². The van der Waals surface area contributed by atoms with E-state index in [1.54, 1.807) is 14.2 Å². The molecule has 0 radical (unpaired) electrons. The molecule has 2 aromatic carbocycles. The number of rotatable bonds is 9. The van der Waals surface area contributed by atoms with Crippen LogP contribution >= 0.6 is 0 Å². The number of hydrogen-bond acceptors (Lipinski definition) is 7. The van der Waals surface area contributed by atoms with Gasteiger partial charge in [-0.1, -0.05) is 18.2 Å². The van der Waals surface area contributed by atoms with Crippen molar-refractivity contribution in [2.45, 2.75) is 31.2 Å². The molecule has 0 spiro atoms. The van der Waals surface area contributed by atoms with Gasteiger partial charge in [0.25, 0.3) is 0 Å². The average Bonchev–Trinajstić information content (AvgIpc) is 2.87. The van der Waals surface area contributed by atoms with Gasteiger partial charge in [0, 0.05) is 26.2 Å². The van der Waals surface area contributed by atoms with Gasteiger partial charge in [-0.2, -0.15) is 0 Å². The first-order chi connectivity index (χ1) is 17.0. The van der Waals surface area contributed by atoms with Crippen LogP contribution in [0.15, 0.2) is 42.5 Å². The van der Waals surface area contributed by atoms with E-state index in [2.05, 4.69) is 11.0 Å². The molecule has 2 aliphatic rings. The van der Waals surface area contributed by atoms with Crippen molar-refractivity contribution in [3.63, 3.8) is 0 Å². The lowest BCUT2D eigenvalue weighted by Gasteiger charge is -2.40. The molecular weight excluding hydrogens is 452 g/mol. The zero-order valence-corrected chi connectivity index (χ0v) is 20.3. The molecular formula is C26H34N2O7. The smallest absolute Gasteiger partial charge is 0.407 e. The van der Waals surface area contributed by atoms with E-state index in [-0.39, 0.29) is 25.6 Å². The maximum Gasteiger partial charge on any atom is 0.407 e. The van der Waals surface area contributed by atoms with Crippen molar-refractivity contribution in [1.29, 1.82) is 0 Å². The second-order valence-electron chi connectivity index (χ2n) is 8.89. The van der Waals surface area contributed by atoms with Gasteiger partial charge < -0.3 is 39.0 Å². The molecule has 1 amide bonds. The SMILES string of the molecule is COCCCN1CCOc2ccc(CO[C@H]3CN(C(=O)O)C[C@@H](O)[C@@H]3c3ccc(OC)cc3)cc21. The Morgan fingerprint density at radius 2 is 1.94 bits per heavy atom. The molecule has 0 unspecified atom stereocenters. The highest BCUT2D eigenvalue weighted by atomic mass is 16.5. The summed E-state index contributed by atoms with van der Waals surface area (Å²) in [5.74, 6) is 1.21. The molecule has 2 heterocycles. The van der Waals surface area contributed by atoms with Crippen LogP contribution in [0.4, 0.5) is 10.5 Å². The third kappa shape index (κ3) is 5.98. The van der Waals surface area contributed by atoms with Crippen LogP contribution in [0.25, 0.3) is 0 Å². The molecule has 1 fully saturated rings. The maximum absolute atomic E-state index is 11.7. The molecule has 9 heteroatoms. The molecule has 0 saturated carbocycles. The van der Waals surface area contributed by atoms with E-state index in [4.69, 9.17) is 18.9 Å². The lowest BCUT2D eigenvalue weighted by molar-refractivity contribution is -0.0660. The van der Waals surface area contributed by atoms with E-state index in [9.17, 15) is 15.0 Å². The minimum absolute atomic E-state index is 0.0402. The van der Waals surface area contributed by atoms with Gasteiger partial charge in [-0.15, -0.1) is 0 Å². The molecule has 35 heavy (non-hydrogen) atoms. The van der Waals surface area contributed by atoms with Crippen LogP contribution in [0, 0.1) is 0 Å². The minimum Gasteiger partial charge on any atom is -0.497 e. The number of hydrogen-bond donors (Lipinski definition) is 2. The first kappa shape index (κ1) is 25.1. The summed E-state index contributed by atoms with van der Waals surface area (Å²) in [7, 11) is 3.30. The molecule has 2 aliphatic heterocycles. The predicted octanol–water partition coefficient (Wildman–Crippen LogP) is 2.95. The van der Waals surface area contributed by atoms with Gasteiger partial charge in [0.15, 0.2) is 0 Å². The minimum atomic E-state index is -1.07. The van der Waals surface area contributed by atoms with Gasteiger partial charge in [-0.05, 0) is 41.8 Å². The van der Waals surface area contributed by atoms with E-state index in [1.165, 1.54) is 4.90 Å². The highest BCUT2D eigenvalue weighted by Gasteiger charge is 2.39. The van der Waals surface area contributed by atoms with Crippen molar-refractivity contribution >= 4 is 11.8 Å². The number of piperidine rings is 1. The summed E-state index contributed by atoms with van der Waals surface area (Å²) in [6.45, 7) is 3.53. The number of aliphatic hydroxyl groups excluding tert-OH is 1. The van der Waals surface area contributed by atoms with Crippen molar-refractivity contribution < 1.29 is 34.0 Å². The number of ether oxygens (including phenoxy) is 4. The fourth-order valence-corrected chi connectivity index (χ4v) is 4.81. The highest BCUT2D eigenvalue weighted by Crippen LogP contribution is 2.35. The lowest BCUT2D eigenvalue weighted by Crippen LogP contribution is -2.53. The molecule has 9 nitrogen and oxygen atoms in total. The number of carbonyl (C=O) groups is 1. The molecule has 4 rings (SSSR count). The summed E-state index contributed by atoms with van der Waals surface area (Å²) < 4.78 is 22.6. The van der Waals surface area contributed by atoms with Crippen LogP contribution in [0.2, 0.25) is 0 Å². The summed E-state index contributed by atoms with van der Waals surface area (Å²) in [5.41, 5.74) is 2.87. The number of anilines is 1. The molecule has 0 aliphatic carbocycles. The second kappa shape index (κ2) is 11.6. The molecule has 3 atom stereocenters. The third-order valence-electron chi connectivity index (χ3n) is 6.62. The monoisotopic (exact) mass is 486 g/mol. The van der Waals surface area contributed by atoms with E-state index in [0.717, 1.165) is 47.8 Å². The van der Waals surface area contributed by atoms with Crippen LogP contribution in [-0.4, -0.2) is 87.0 Å². The van der Waals surface area contributed by atoms with Gasteiger partial charge >= 0.3 is 6.09 Å². The van der Waals surface area contributed by atoms with Crippen LogP contribution in [0.5, 0.6) is 11.5 Å². The molecule has 0 bridgehead atoms. The lowest BCUT2D eigenvalue weighted by atomic mass is 9.84. The number of likely N-dealkylation sites (tertiary alicyclic amines) is 1. The quantitative estimate of drug-likeness (QED) is 0.522. The van der Waals surface area contributed by atoms with Crippen LogP contribution in [0.3, 0.4) is 0 Å². The molecule has 2 aromatic rings. The van der Waals surface area contributed by atoms with Crippen LogP contribution < -0.4 is 14.4 Å². The summed E-state index contributed by atoms with van der Waals surface area (Å²) in [5, 5.41) is 20.4. The standard InChI is InChI=1S/C26H34N2O7/c1-32-12-3-10-27-11-13-34-23-9-4-18(14-21(23)27)17-35-24-16-28(26(30)31)15-22(29)25(24)19-5-7-20(33-2)8-6-19/h4-9,14,22,24-25,29H,3,10-13,15-17H2,1-2H3,(H,30,31)/t22-,24+,25+/m1/s1. The first-order valence-corrected chi connectivity index (χ1v) is 11.9. The van der Waals surface area contributed by atoms with Gasteiger partial charge in [0.05, 0.1) is 51.2 Å². The second-order valence-corrected chi connectivity index (χ2v) is 8.89. The molecule has 190 valence electrons. The topological polar surface area (TPSA) is 101 Å². The van der Waals surface area contributed by atoms with Gasteiger partial charge in [-0.25, -0.2) is 4.79 Å². The number of benzene rings is 2. The normalized spacial score (nSPS) is 21.9. The summed E-state index contributed by atoms with van der Waals surface area (Å²) in [6.07, 6.45) is -1.53. The Hall–Kier alpha value is -3.01. The Morgan fingerprint density at radius 1 is 1.14 bits per heavy atom. The number of methoxy groups -OCH3 is 2. The number of carboxylic acid groups (broad SMARTS) is 1. The Balaban J connectivity index is 1.51. The van der Waals surface area contributed by atoms with Gasteiger partial charge in [0.2, 0.25) is 0 Å². The van der Waals surface area contributed by atoms with Crippen molar-refractivity contribution in [1.82, 2.24) is 4.90 Å². The average molecular weight is 487 g/mol. The number of nitrogens with zero attached hydrogens (tertiary/aromatic N) is 2. The van der Waals surface area contributed by atoms with Crippen molar-refractivity contribution in [2.75, 3.05) is 58.5 Å². The van der Waals surface area contributed by atoms with E-state index < -0.39 is 18.3 Å². The van der Waals surface area contributed by atoms with Crippen molar-refractivity contribution in [3.8, 4) is 11.5 Å². The van der Waals surface area contributed by atoms with Crippen LogP contribution in [0.1, 0.15) is 23.5 Å². The summed E-state index contributed by atoms with van der Waals surface area (Å²) >= 11 is 0. The highest BCUT2D eigenvalue weighted by molar-refractivity contribution is 5.65. The zero-order valence-electron chi connectivity index (χ0n) is 20.3. The molecule has 2 N–H and O–H groups in total. The van der Waals surface area contributed by atoms with Crippen molar-refractivity contribution in [2.24, 2.45) is 0 Å². The Bertz CT molecular complexity index is 984. The molecule has 1 saturated heterocycles. The maximum atomic E-state index is 11.7. The number of aliphatic hydroxyl groups is 1. The Labute approximate surface area is 205 Å². The summed E-state index contributed by atoms with van der Waals surface area (Å²) in [6, 6.07) is 13.5. The number of β-amino-alcohol motifs (C(OH)–C–C–N with tert-alkyl or cyclic N) is 1. The van der Waals surface area contributed by atoms with E-state index in [1.807, 2.05) is 36.4 Å². The van der Waals surface area contributed by atoms with Crippen molar-refractivity contribution in [3.05, 3.63) is 53.6 Å². The zero-order chi connectivity index (χ0) is 24.8. The van der Waals surface area contributed by atoms with E-state index >= 15 is 0 Å². The van der Waals surface area contributed by atoms with Gasteiger partial charge in [-0.3, -0.25) is 0 Å². The first-order valence-electron chi connectivity index (χ1n) is 11.9. The number of fused-ring (bicyclic) bond motifs is 1. The fraction of sp³-hybridized carbons (Fsp3) is 0.500. The largest absolute Gasteiger partial charge is 0.497 e.